The normalized spacial score (nSPS) is 15.4. The van der Waals surface area contributed by atoms with E-state index < -0.39 is 36.0 Å². The number of ether oxygens (including phenoxy) is 3. The van der Waals surface area contributed by atoms with Gasteiger partial charge in [-0.25, -0.2) is 9.59 Å². The molecule has 2 N–H and O–H groups in total. The van der Waals surface area contributed by atoms with Crippen LogP contribution in [0.3, 0.4) is 0 Å². The van der Waals surface area contributed by atoms with Gasteiger partial charge in [0, 0.05) is 6.42 Å². The van der Waals surface area contributed by atoms with Gasteiger partial charge in [-0.1, -0.05) is 72.8 Å². The zero-order chi connectivity index (χ0) is 26.0. The van der Waals surface area contributed by atoms with Crippen molar-refractivity contribution in [1.82, 2.24) is 10.6 Å². The highest BCUT2D eigenvalue weighted by Gasteiger charge is 2.36. The van der Waals surface area contributed by atoms with Crippen molar-refractivity contribution in [1.29, 1.82) is 0 Å². The molecular weight excluding hydrogens is 476 g/mol. The first kappa shape index (κ1) is 25.4. The van der Waals surface area contributed by atoms with Crippen molar-refractivity contribution in [2.45, 2.75) is 38.2 Å². The molecule has 3 amide bonds. The molecule has 0 aliphatic carbocycles. The summed E-state index contributed by atoms with van der Waals surface area (Å²) in [6.07, 6.45) is -2.25. The number of esters is 1. The van der Waals surface area contributed by atoms with Crippen molar-refractivity contribution in [3.8, 4) is 5.75 Å². The Bertz CT molecular complexity index is 1230. The van der Waals surface area contributed by atoms with E-state index in [1.54, 1.807) is 36.4 Å². The van der Waals surface area contributed by atoms with E-state index in [-0.39, 0.29) is 19.4 Å². The number of alkyl carbamates (subject to hydrolysis) is 1. The summed E-state index contributed by atoms with van der Waals surface area (Å²) in [4.78, 5) is 48.6. The van der Waals surface area contributed by atoms with Crippen LogP contribution in [0.15, 0.2) is 84.9 Å². The molecule has 1 saturated heterocycles. The van der Waals surface area contributed by atoms with Gasteiger partial charge in [-0.15, -0.1) is 0 Å². The zero-order valence-electron chi connectivity index (χ0n) is 19.9. The SMILES string of the molecule is O=C1C[C@@H](OC(=O)[C@@H](Cc2ccc(OCc3ccccc3)cc2)NC(=O)OCc2ccccc2)C(=O)N1. The molecule has 4 rings (SSSR count). The monoisotopic (exact) mass is 502 g/mol. The Labute approximate surface area is 213 Å². The molecule has 9 heteroatoms. The maximum Gasteiger partial charge on any atom is 0.408 e. The topological polar surface area (TPSA) is 120 Å². The van der Waals surface area contributed by atoms with E-state index in [0.717, 1.165) is 11.1 Å². The van der Waals surface area contributed by atoms with Crippen LogP contribution in [-0.2, 0) is 43.5 Å². The van der Waals surface area contributed by atoms with Gasteiger partial charge in [-0.2, -0.15) is 0 Å². The fourth-order valence-corrected chi connectivity index (χ4v) is 3.65. The summed E-state index contributed by atoms with van der Waals surface area (Å²) >= 11 is 0. The third-order valence-corrected chi connectivity index (χ3v) is 5.59. The lowest BCUT2D eigenvalue weighted by Crippen LogP contribution is -2.45. The third-order valence-electron chi connectivity index (χ3n) is 5.59. The van der Waals surface area contributed by atoms with Crippen LogP contribution in [-0.4, -0.2) is 36.0 Å². The summed E-state index contributed by atoms with van der Waals surface area (Å²) < 4.78 is 16.3. The quantitative estimate of drug-likeness (QED) is 0.323. The average Bonchev–Trinajstić information content (AvgIpc) is 3.23. The van der Waals surface area contributed by atoms with Gasteiger partial charge in [0.15, 0.2) is 6.10 Å². The Morgan fingerprint density at radius 1 is 0.838 bits per heavy atom. The molecule has 3 aromatic carbocycles. The molecule has 0 saturated carbocycles. The van der Waals surface area contributed by atoms with Gasteiger partial charge in [0.25, 0.3) is 5.91 Å². The standard InChI is InChI=1S/C28H26N2O7/c31-25-16-24(26(32)30-25)37-27(33)23(29-28(34)36-18-21-9-5-2-6-10-21)15-19-11-13-22(14-12-19)35-17-20-7-3-1-4-8-20/h1-14,23-24H,15-18H2,(H,29,34)(H,30,31,32)/t23-,24-/m1/s1. The fourth-order valence-electron chi connectivity index (χ4n) is 3.65. The lowest BCUT2D eigenvalue weighted by Gasteiger charge is -2.19. The van der Waals surface area contributed by atoms with Gasteiger partial charge in [0.2, 0.25) is 5.91 Å². The van der Waals surface area contributed by atoms with E-state index >= 15 is 0 Å². The van der Waals surface area contributed by atoms with E-state index in [2.05, 4.69) is 10.6 Å². The van der Waals surface area contributed by atoms with Crippen LogP contribution in [0.5, 0.6) is 5.75 Å². The van der Waals surface area contributed by atoms with Crippen LogP contribution in [0, 0.1) is 0 Å². The number of imide groups is 1. The summed E-state index contributed by atoms with van der Waals surface area (Å²) in [5, 5.41) is 4.60. The highest BCUT2D eigenvalue weighted by molar-refractivity contribution is 6.05. The average molecular weight is 503 g/mol. The highest BCUT2D eigenvalue weighted by Crippen LogP contribution is 2.17. The maximum atomic E-state index is 12.9. The Hall–Kier alpha value is -4.66. The van der Waals surface area contributed by atoms with Crippen LogP contribution in [0.25, 0.3) is 0 Å². The molecule has 2 atom stereocenters. The molecule has 37 heavy (non-hydrogen) atoms. The van der Waals surface area contributed by atoms with Crippen LogP contribution in [0.2, 0.25) is 0 Å². The van der Waals surface area contributed by atoms with Crippen LogP contribution < -0.4 is 15.4 Å². The van der Waals surface area contributed by atoms with E-state index in [0.29, 0.717) is 17.9 Å². The van der Waals surface area contributed by atoms with E-state index in [9.17, 15) is 19.2 Å². The zero-order valence-corrected chi connectivity index (χ0v) is 19.9. The minimum Gasteiger partial charge on any atom is -0.489 e. The number of nitrogens with one attached hydrogen (secondary N) is 2. The number of hydrogen-bond acceptors (Lipinski definition) is 7. The predicted molar refractivity (Wildman–Crippen MR) is 132 cm³/mol. The van der Waals surface area contributed by atoms with Gasteiger partial charge >= 0.3 is 12.1 Å². The van der Waals surface area contributed by atoms with Crippen molar-refractivity contribution in [3.05, 3.63) is 102 Å². The van der Waals surface area contributed by atoms with E-state index in [4.69, 9.17) is 14.2 Å². The number of carbonyl (C=O) groups excluding carboxylic acids is 4. The van der Waals surface area contributed by atoms with Crippen molar-refractivity contribution in [2.75, 3.05) is 0 Å². The Morgan fingerprint density at radius 2 is 1.46 bits per heavy atom. The van der Waals surface area contributed by atoms with Crippen molar-refractivity contribution in [3.63, 3.8) is 0 Å². The van der Waals surface area contributed by atoms with Gasteiger partial charge in [0.1, 0.15) is 25.0 Å². The first-order valence-corrected chi connectivity index (χ1v) is 11.7. The summed E-state index contributed by atoms with van der Waals surface area (Å²) in [5.41, 5.74) is 2.52. The van der Waals surface area contributed by atoms with E-state index in [1.165, 1.54) is 0 Å². The number of benzene rings is 3. The molecule has 9 nitrogen and oxygen atoms in total. The number of carbonyl (C=O) groups is 4. The molecule has 1 aliphatic heterocycles. The molecule has 0 spiro atoms. The van der Waals surface area contributed by atoms with Crippen molar-refractivity contribution >= 4 is 23.9 Å². The van der Waals surface area contributed by atoms with Crippen LogP contribution >= 0.6 is 0 Å². The number of amides is 3. The summed E-state index contributed by atoms with van der Waals surface area (Å²) in [6, 6.07) is 24.7. The molecule has 3 aromatic rings. The van der Waals surface area contributed by atoms with Gasteiger partial charge < -0.3 is 19.5 Å². The van der Waals surface area contributed by atoms with Gasteiger partial charge in [-0.3, -0.25) is 14.9 Å². The van der Waals surface area contributed by atoms with E-state index in [1.807, 2.05) is 48.5 Å². The number of rotatable bonds is 10. The van der Waals surface area contributed by atoms with Gasteiger partial charge in [0.05, 0.1) is 6.42 Å². The first-order valence-electron chi connectivity index (χ1n) is 11.7. The second kappa shape index (κ2) is 12.3. The van der Waals surface area contributed by atoms with Crippen LogP contribution in [0.1, 0.15) is 23.1 Å². The summed E-state index contributed by atoms with van der Waals surface area (Å²) in [6.45, 7) is 0.424. The Balaban J connectivity index is 1.38. The molecule has 1 aliphatic rings. The molecular formula is C28H26N2O7. The first-order chi connectivity index (χ1) is 18.0. The maximum absolute atomic E-state index is 12.9. The Kier molecular flexibility index (Phi) is 8.49. The second-order valence-corrected chi connectivity index (χ2v) is 8.42. The summed E-state index contributed by atoms with van der Waals surface area (Å²) in [7, 11) is 0. The predicted octanol–water partition coefficient (Wildman–Crippen LogP) is 3.06. The Morgan fingerprint density at radius 3 is 2.05 bits per heavy atom. The van der Waals surface area contributed by atoms with Gasteiger partial charge in [-0.05, 0) is 28.8 Å². The number of hydrogen-bond donors (Lipinski definition) is 2. The lowest BCUT2D eigenvalue weighted by atomic mass is 10.1. The molecule has 1 fully saturated rings. The second-order valence-electron chi connectivity index (χ2n) is 8.42. The third kappa shape index (κ3) is 7.66. The minimum absolute atomic E-state index is 0.0153. The largest absolute Gasteiger partial charge is 0.489 e. The molecule has 0 aromatic heterocycles. The van der Waals surface area contributed by atoms with Crippen molar-refractivity contribution < 1.29 is 33.4 Å². The molecule has 1 heterocycles. The molecule has 0 bridgehead atoms. The molecule has 0 unspecified atom stereocenters. The van der Waals surface area contributed by atoms with Crippen LogP contribution in [0.4, 0.5) is 4.79 Å². The fraction of sp³-hybridized carbons (Fsp3) is 0.214. The van der Waals surface area contributed by atoms with Crippen molar-refractivity contribution in [2.24, 2.45) is 0 Å². The minimum atomic E-state index is -1.24. The smallest absolute Gasteiger partial charge is 0.408 e. The molecule has 0 radical (unpaired) electrons. The lowest BCUT2D eigenvalue weighted by molar-refractivity contribution is -0.156. The molecule has 190 valence electrons. The summed E-state index contributed by atoms with van der Waals surface area (Å²) in [5.74, 6) is -1.43. The highest BCUT2D eigenvalue weighted by atomic mass is 16.6.